The van der Waals surface area contributed by atoms with Crippen LogP contribution >= 0.6 is 15.9 Å². The molecule has 0 amide bonds. The third-order valence-corrected chi connectivity index (χ3v) is 2.81. The molecule has 14 heavy (non-hydrogen) atoms. The molecule has 0 aliphatic heterocycles. The molecule has 1 aromatic carbocycles. The van der Waals surface area contributed by atoms with Crippen molar-refractivity contribution in [2.24, 2.45) is 0 Å². The van der Waals surface area contributed by atoms with Crippen molar-refractivity contribution in [2.45, 2.75) is 26.0 Å². The molecule has 2 nitrogen and oxygen atoms in total. The van der Waals surface area contributed by atoms with Gasteiger partial charge in [-0.1, -0.05) is 34.1 Å². The van der Waals surface area contributed by atoms with Crippen LogP contribution in [0.4, 0.5) is 0 Å². The summed E-state index contributed by atoms with van der Waals surface area (Å²) in [4.78, 5) is 0. The predicted octanol–water partition coefficient (Wildman–Crippen LogP) is 2.48. The van der Waals surface area contributed by atoms with Crippen LogP contribution in [0.1, 0.15) is 25.5 Å². The Kier molecular flexibility index (Phi) is 4.58. The number of nitrogens with one attached hydrogen (secondary N) is 1. The van der Waals surface area contributed by atoms with E-state index in [1.807, 2.05) is 18.2 Å². The van der Waals surface area contributed by atoms with Gasteiger partial charge in [-0.2, -0.15) is 0 Å². The number of hydrogen-bond acceptors (Lipinski definition) is 2. The lowest BCUT2D eigenvalue weighted by molar-refractivity contribution is 0.187. The highest BCUT2D eigenvalue weighted by Crippen LogP contribution is 2.22. The van der Waals surface area contributed by atoms with Gasteiger partial charge in [-0.25, -0.2) is 0 Å². The molecule has 0 aliphatic carbocycles. The van der Waals surface area contributed by atoms with E-state index in [0.717, 1.165) is 4.47 Å². The van der Waals surface area contributed by atoms with Crippen LogP contribution in [0, 0.1) is 0 Å². The first-order chi connectivity index (χ1) is 6.61. The van der Waals surface area contributed by atoms with Gasteiger partial charge in [0.25, 0.3) is 0 Å². The standard InChI is InChI=1S/C11H16BrNO/c1-8(14)7-13-9(2)10-5-3-4-6-11(10)12/h3-6,8-9,13-14H,7H2,1-2H3/t8?,9-/m1/s1. The van der Waals surface area contributed by atoms with Crippen LogP contribution < -0.4 is 5.32 Å². The average Bonchev–Trinajstić information content (AvgIpc) is 2.15. The molecule has 1 unspecified atom stereocenters. The fraction of sp³-hybridized carbons (Fsp3) is 0.455. The lowest BCUT2D eigenvalue weighted by Gasteiger charge is -2.16. The van der Waals surface area contributed by atoms with Crippen LogP contribution in [0.15, 0.2) is 28.7 Å². The lowest BCUT2D eigenvalue weighted by Crippen LogP contribution is -2.27. The predicted molar refractivity (Wildman–Crippen MR) is 62.2 cm³/mol. The topological polar surface area (TPSA) is 32.3 Å². The van der Waals surface area contributed by atoms with E-state index in [9.17, 15) is 0 Å². The zero-order chi connectivity index (χ0) is 10.6. The van der Waals surface area contributed by atoms with E-state index < -0.39 is 0 Å². The van der Waals surface area contributed by atoms with Gasteiger partial charge in [0.15, 0.2) is 0 Å². The van der Waals surface area contributed by atoms with Gasteiger partial charge < -0.3 is 10.4 Å². The fourth-order valence-corrected chi connectivity index (χ4v) is 1.91. The number of aliphatic hydroxyl groups is 1. The van der Waals surface area contributed by atoms with Crippen molar-refractivity contribution in [1.29, 1.82) is 0 Å². The number of halogens is 1. The Bertz CT molecular complexity index is 288. The van der Waals surface area contributed by atoms with Crippen LogP contribution in [0.25, 0.3) is 0 Å². The molecule has 0 radical (unpaired) electrons. The highest BCUT2D eigenvalue weighted by atomic mass is 79.9. The van der Waals surface area contributed by atoms with E-state index in [1.54, 1.807) is 6.92 Å². The first-order valence-corrected chi connectivity index (χ1v) is 5.56. The molecular weight excluding hydrogens is 242 g/mol. The molecule has 1 aromatic rings. The zero-order valence-electron chi connectivity index (χ0n) is 8.50. The Morgan fingerprint density at radius 1 is 1.36 bits per heavy atom. The third-order valence-electron chi connectivity index (χ3n) is 2.09. The Morgan fingerprint density at radius 3 is 2.57 bits per heavy atom. The van der Waals surface area contributed by atoms with E-state index in [0.29, 0.717) is 6.54 Å². The number of hydrogen-bond donors (Lipinski definition) is 2. The second-order valence-corrected chi connectivity index (χ2v) is 4.35. The van der Waals surface area contributed by atoms with Crippen LogP contribution in [-0.4, -0.2) is 17.8 Å². The summed E-state index contributed by atoms with van der Waals surface area (Å²) >= 11 is 3.50. The monoisotopic (exact) mass is 257 g/mol. The minimum absolute atomic E-state index is 0.250. The molecule has 0 heterocycles. The summed E-state index contributed by atoms with van der Waals surface area (Å²) in [5.74, 6) is 0. The summed E-state index contributed by atoms with van der Waals surface area (Å²) in [5, 5.41) is 12.4. The van der Waals surface area contributed by atoms with Crippen molar-refractivity contribution in [3.05, 3.63) is 34.3 Å². The van der Waals surface area contributed by atoms with E-state index in [2.05, 4.69) is 34.2 Å². The summed E-state index contributed by atoms with van der Waals surface area (Å²) in [6.07, 6.45) is -0.306. The molecule has 0 spiro atoms. The minimum Gasteiger partial charge on any atom is -0.392 e. The van der Waals surface area contributed by atoms with Crippen LogP contribution in [0.2, 0.25) is 0 Å². The average molecular weight is 258 g/mol. The largest absolute Gasteiger partial charge is 0.392 e. The highest BCUT2D eigenvalue weighted by Gasteiger charge is 2.08. The highest BCUT2D eigenvalue weighted by molar-refractivity contribution is 9.10. The third kappa shape index (κ3) is 3.40. The van der Waals surface area contributed by atoms with E-state index in [1.165, 1.54) is 5.56 Å². The number of benzene rings is 1. The molecule has 0 bridgehead atoms. The smallest absolute Gasteiger partial charge is 0.0636 e. The number of aliphatic hydroxyl groups excluding tert-OH is 1. The Balaban J connectivity index is 2.60. The maximum atomic E-state index is 9.14. The molecule has 2 atom stereocenters. The van der Waals surface area contributed by atoms with E-state index >= 15 is 0 Å². The number of rotatable bonds is 4. The Morgan fingerprint density at radius 2 is 2.00 bits per heavy atom. The van der Waals surface area contributed by atoms with Gasteiger partial charge in [-0.05, 0) is 25.5 Å². The maximum absolute atomic E-state index is 9.14. The fourth-order valence-electron chi connectivity index (χ4n) is 1.28. The van der Waals surface area contributed by atoms with Crippen molar-refractivity contribution in [1.82, 2.24) is 5.32 Å². The summed E-state index contributed by atoms with van der Waals surface area (Å²) in [7, 11) is 0. The van der Waals surface area contributed by atoms with Crippen LogP contribution in [-0.2, 0) is 0 Å². The van der Waals surface area contributed by atoms with Gasteiger partial charge in [-0.15, -0.1) is 0 Å². The van der Waals surface area contributed by atoms with Crippen LogP contribution in [0.5, 0.6) is 0 Å². The van der Waals surface area contributed by atoms with Crippen molar-refractivity contribution in [3.8, 4) is 0 Å². The molecule has 2 N–H and O–H groups in total. The zero-order valence-corrected chi connectivity index (χ0v) is 10.1. The second kappa shape index (κ2) is 5.49. The first-order valence-electron chi connectivity index (χ1n) is 4.77. The maximum Gasteiger partial charge on any atom is 0.0636 e. The molecule has 0 saturated heterocycles. The van der Waals surface area contributed by atoms with Crippen molar-refractivity contribution >= 4 is 15.9 Å². The quantitative estimate of drug-likeness (QED) is 0.869. The summed E-state index contributed by atoms with van der Waals surface area (Å²) in [6.45, 7) is 4.48. The summed E-state index contributed by atoms with van der Waals surface area (Å²) in [6, 6.07) is 8.36. The van der Waals surface area contributed by atoms with Crippen LogP contribution in [0.3, 0.4) is 0 Å². The van der Waals surface area contributed by atoms with Gasteiger partial charge in [0.1, 0.15) is 0 Å². The SMILES string of the molecule is CC(O)CN[C@H](C)c1ccccc1Br. The van der Waals surface area contributed by atoms with Gasteiger partial charge in [-0.3, -0.25) is 0 Å². The van der Waals surface area contributed by atoms with E-state index in [4.69, 9.17) is 5.11 Å². The molecule has 3 heteroatoms. The normalized spacial score (nSPS) is 15.1. The minimum atomic E-state index is -0.306. The van der Waals surface area contributed by atoms with Gasteiger partial charge >= 0.3 is 0 Å². The van der Waals surface area contributed by atoms with E-state index in [-0.39, 0.29) is 12.1 Å². The van der Waals surface area contributed by atoms with Crippen molar-refractivity contribution in [3.63, 3.8) is 0 Å². The van der Waals surface area contributed by atoms with Crippen molar-refractivity contribution in [2.75, 3.05) is 6.54 Å². The Hall–Kier alpha value is -0.380. The first kappa shape index (κ1) is 11.7. The molecule has 78 valence electrons. The Labute approximate surface area is 93.5 Å². The molecule has 0 saturated carbocycles. The summed E-state index contributed by atoms with van der Waals surface area (Å²) < 4.78 is 1.10. The summed E-state index contributed by atoms with van der Waals surface area (Å²) in [5.41, 5.74) is 1.22. The molecule has 0 aromatic heterocycles. The van der Waals surface area contributed by atoms with Gasteiger partial charge in [0, 0.05) is 17.1 Å². The molecule has 0 fully saturated rings. The molecular formula is C11H16BrNO. The lowest BCUT2D eigenvalue weighted by atomic mass is 10.1. The van der Waals surface area contributed by atoms with Gasteiger partial charge in [0.2, 0.25) is 0 Å². The molecule has 1 rings (SSSR count). The van der Waals surface area contributed by atoms with Crippen molar-refractivity contribution < 1.29 is 5.11 Å². The second-order valence-electron chi connectivity index (χ2n) is 3.50. The molecule has 0 aliphatic rings. The van der Waals surface area contributed by atoms with Gasteiger partial charge in [0.05, 0.1) is 6.10 Å².